The monoisotopic (exact) mass is 326 g/mol. The van der Waals surface area contributed by atoms with Crippen LogP contribution < -0.4 is 14.8 Å². The number of benzene rings is 2. The van der Waals surface area contributed by atoms with Crippen LogP contribution in [0.4, 0.5) is 5.13 Å². The van der Waals surface area contributed by atoms with Crippen LogP contribution in [0.5, 0.6) is 11.5 Å². The molecule has 1 aromatic heterocycles. The van der Waals surface area contributed by atoms with Gasteiger partial charge in [-0.05, 0) is 31.2 Å². The van der Waals surface area contributed by atoms with E-state index in [0.29, 0.717) is 16.6 Å². The molecule has 0 bridgehead atoms. The van der Waals surface area contributed by atoms with Crippen LogP contribution in [0.3, 0.4) is 0 Å². The van der Waals surface area contributed by atoms with Crippen molar-refractivity contribution in [3.8, 4) is 11.5 Å². The third-order valence-electron chi connectivity index (χ3n) is 3.62. The zero-order valence-corrected chi connectivity index (χ0v) is 13.2. The molecule has 0 radical (unpaired) electrons. The molecule has 0 saturated carbocycles. The zero-order valence-electron chi connectivity index (χ0n) is 12.4. The maximum Gasteiger partial charge on any atom is 0.271 e. The number of hydrogen-bond acceptors (Lipinski definition) is 5. The minimum Gasteiger partial charge on any atom is -0.482 e. The average molecular weight is 326 g/mol. The second-order valence-electron chi connectivity index (χ2n) is 5.28. The Labute approximate surface area is 136 Å². The van der Waals surface area contributed by atoms with Crippen LogP contribution in [-0.4, -0.2) is 23.1 Å². The lowest BCUT2D eigenvalue weighted by Gasteiger charge is -2.30. The first-order valence-corrected chi connectivity index (χ1v) is 8.11. The van der Waals surface area contributed by atoms with Gasteiger partial charge in [0.25, 0.3) is 5.91 Å². The van der Waals surface area contributed by atoms with Crippen molar-refractivity contribution in [2.24, 2.45) is 0 Å². The highest BCUT2D eigenvalue weighted by Gasteiger charge is 2.34. The molecule has 2 heterocycles. The first-order valence-electron chi connectivity index (χ1n) is 7.29. The number of thiazole rings is 1. The predicted octanol–water partition coefficient (Wildman–Crippen LogP) is 3.46. The minimum absolute atomic E-state index is 0.258. The van der Waals surface area contributed by atoms with Gasteiger partial charge < -0.3 is 9.47 Å². The number of nitrogens with one attached hydrogen (secondary N) is 1. The standard InChI is InChI=1S/C17H14N2O3S/c1-10-15(22-13-8-4-3-7-12(13)21-10)16(20)19-17-18-11-6-2-5-9-14(11)23-17/h2-10,15H,1H3,(H,18,19,20)/t10-,15+/m0/s1. The molecule has 1 N–H and O–H groups in total. The van der Waals surface area contributed by atoms with E-state index in [9.17, 15) is 4.79 Å². The lowest BCUT2D eigenvalue weighted by atomic mass is 10.1. The number of amides is 1. The molecule has 6 heteroatoms. The van der Waals surface area contributed by atoms with Gasteiger partial charge in [-0.15, -0.1) is 0 Å². The first kappa shape index (κ1) is 14.0. The number of fused-ring (bicyclic) bond motifs is 2. The Bertz CT molecular complexity index is 844. The van der Waals surface area contributed by atoms with E-state index in [0.717, 1.165) is 10.2 Å². The van der Waals surface area contributed by atoms with Gasteiger partial charge in [-0.25, -0.2) is 4.98 Å². The molecular weight excluding hydrogens is 312 g/mol. The topological polar surface area (TPSA) is 60.5 Å². The Morgan fingerprint density at radius 2 is 1.78 bits per heavy atom. The molecule has 2 aromatic carbocycles. The van der Waals surface area contributed by atoms with Gasteiger partial charge in [0.2, 0.25) is 6.10 Å². The molecule has 0 saturated heterocycles. The molecule has 5 nitrogen and oxygen atoms in total. The summed E-state index contributed by atoms with van der Waals surface area (Å²) in [6, 6.07) is 15.1. The van der Waals surface area contributed by atoms with Crippen molar-refractivity contribution in [3.63, 3.8) is 0 Å². The van der Waals surface area contributed by atoms with Crippen molar-refractivity contribution in [3.05, 3.63) is 48.5 Å². The summed E-state index contributed by atoms with van der Waals surface area (Å²) in [6.07, 6.45) is -1.09. The van der Waals surface area contributed by atoms with Crippen LogP contribution in [0.15, 0.2) is 48.5 Å². The van der Waals surface area contributed by atoms with Crippen molar-refractivity contribution in [1.29, 1.82) is 0 Å². The summed E-state index contributed by atoms with van der Waals surface area (Å²) < 4.78 is 12.6. The van der Waals surface area contributed by atoms with Gasteiger partial charge in [0.15, 0.2) is 16.6 Å². The predicted molar refractivity (Wildman–Crippen MR) is 89.2 cm³/mol. The Hall–Kier alpha value is -2.60. The molecule has 0 fully saturated rings. The number of hydrogen-bond donors (Lipinski definition) is 1. The molecule has 0 aliphatic carbocycles. The Kier molecular flexibility index (Phi) is 3.38. The van der Waals surface area contributed by atoms with E-state index < -0.39 is 6.10 Å². The van der Waals surface area contributed by atoms with E-state index in [1.54, 1.807) is 6.07 Å². The van der Waals surface area contributed by atoms with Crippen LogP contribution >= 0.6 is 11.3 Å². The van der Waals surface area contributed by atoms with Gasteiger partial charge in [-0.1, -0.05) is 35.6 Å². The SMILES string of the molecule is C[C@@H]1Oc2ccccc2O[C@H]1C(=O)Nc1nc2ccccc2s1. The van der Waals surface area contributed by atoms with Crippen LogP contribution in [0.1, 0.15) is 6.92 Å². The Morgan fingerprint density at radius 1 is 1.09 bits per heavy atom. The quantitative estimate of drug-likeness (QED) is 0.783. The number of carbonyl (C=O) groups excluding carboxylic acids is 1. The van der Waals surface area contributed by atoms with E-state index in [4.69, 9.17) is 9.47 Å². The van der Waals surface area contributed by atoms with Crippen LogP contribution in [0, 0.1) is 0 Å². The number of anilines is 1. The second-order valence-corrected chi connectivity index (χ2v) is 6.31. The summed E-state index contributed by atoms with van der Waals surface area (Å²) >= 11 is 1.44. The summed E-state index contributed by atoms with van der Waals surface area (Å²) in [5, 5.41) is 3.39. The number of aromatic nitrogens is 1. The number of carbonyl (C=O) groups is 1. The second kappa shape index (κ2) is 5.55. The lowest BCUT2D eigenvalue weighted by Crippen LogP contribution is -2.46. The summed E-state index contributed by atoms with van der Waals surface area (Å²) in [4.78, 5) is 16.9. The maximum atomic E-state index is 12.5. The largest absolute Gasteiger partial charge is 0.482 e. The molecule has 0 spiro atoms. The summed E-state index contributed by atoms with van der Waals surface area (Å²) in [5.41, 5.74) is 0.868. The molecule has 116 valence electrons. The fraction of sp³-hybridized carbons (Fsp3) is 0.176. The van der Waals surface area contributed by atoms with E-state index in [2.05, 4.69) is 10.3 Å². The molecule has 2 atom stereocenters. The van der Waals surface area contributed by atoms with E-state index >= 15 is 0 Å². The molecular formula is C17H14N2O3S. The number of nitrogens with zero attached hydrogens (tertiary/aromatic N) is 1. The van der Waals surface area contributed by atoms with Crippen molar-refractivity contribution in [1.82, 2.24) is 4.98 Å². The highest BCUT2D eigenvalue weighted by Crippen LogP contribution is 2.34. The summed E-state index contributed by atoms with van der Waals surface area (Å²) in [5.74, 6) is 0.977. The van der Waals surface area contributed by atoms with Crippen molar-refractivity contribution in [2.75, 3.05) is 5.32 Å². The third-order valence-corrected chi connectivity index (χ3v) is 4.58. The van der Waals surface area contributed by atoms with E-state index in [1.807, 2.05) is 49.4 Å². The smallest absolute Gasteiger partial charge is 0.271 e. The van der Waals surface area contributed by atoms with Gasteiger partial charge in [0.1, 0.15) is 6.10 Å². The van der Waals surface area contributed by atoms with Crippen LogP contribution in [0.2, 0.25) is 0 Å². The van der Waals surface area contributed by atoms with E-state index in [-0.39, 0.29) is 12.0 Å². The molecule has 3 aromatic rings. The molecule has 1 aliphatic rings. The molecule has 0 unspecified atom stereocenters. The van der Waals surface area contributed by atoms with Crippen LogP contribution in [0.25, 0.3) is 10.2 Å². The zero-order chi connectivity index (χ0) is 15.8. The summed E-state index contributed by atoms with van der Waals surface area (Å²) in [6.45, 7) is 1.82. The minimum atomic E-state index is -0.711. The van der Waals surface area contributed by atoms with Gasteiger partial charge in [0, 0.05) is 0 Å². The van der Waals surface area contributed by atoms with Crippen molar-refractivity contribution < 1.29 is 14.3 Å². The number of rotatable bonds is 2. The van der Waals surface area contributed by atoms with Crippen molar-refractivity contribution >= 4 is 32.6 Å². The Balaban J connectivity index is 1.55. The fourth-order valence-corrected chi connectivity index (χ4v) is 3.38. The van der Waals surface area contributed by atoms with E-state index in [1.165, 1.54) is 11.3 Å². The van der Waals surface area contributed by atoms with Gasteiger partial charge in [0.05, 0.1) is 10.2 Å². The van der Waals surface area contributed by atoms with Crippen LogP contribution in [-0.2, 0) is 4.79 Å². The molecule has 1 aliphatic heterocycles. The molecule has 1 amide bonds. The fourth-order valence-electron chi connectivity index (χ4n) is 2.51. The highest BCUT2D eigenvalue weighted by atomic mass is 32.1. The first-order chi connectivity index (χ1) is 11.2. The van der Waals surface area contributed by atoms with Gasteiger partial charge >= 0.3 is 0 Å². The normalized spacial score (nSPS) is 19.5. The maximum absolute atomic E-state index is 12.5. The molecule has 4 rings (SSSR count). The van der Waals surface area contributed by atoms with Crippen molar-refractivity contribution in [2.45, 2.75) is 19.1 Å². The average Bonchev–Trinajstić information content (AvgIpc) is 2.96. The molecule has 23 heavy (non-hydrogen) atoms. The van der Waals surface area contributed by atoms with Gasteiger partial charge in [-0.3, -0.25) is 10.1 Å². The summed E-state index contributed by atoms with van der Waals surface area (Å²) in [7, 11) is 0. The lowest BCUT2D eigenvalue weighted by molar-refractivity contribution is -0.128. The van der Waals surface area contributed by atoms with Gasteiger partial charge in [-0.2, -0.15) is 0 Å². The number of para-hydroxylation sites is 3. The highest BCUT2D eigenvalue weighted by molar-refractivity contribution is 7.22. The Morgan fingerprint density at radius 3 is 2.57 bits per heavy atom. The third kappa shape index (κ3) is 2.61. The number of ether oxygens (including phenoxy) is 2.